The highest BCUT2D eigenvalue weighted by atomic mass is 35.5. The fraction of sp³-hybridized carbons (Fsp3) is 0.464. The molecule has 2 aromatic rings. The highest BCUT2D eigenvalue weighted by Crippen LogP contribution is 2.53. The smallest absolute Gasteiger partial charge is 0.229 e. The second-order valence-electron chi connectivity index (χ2n) is 9.93. The van der Waals surface area contributed by atoms with Crippen molar-refractivity contribution in [3.8, 4) is 0 Å². The normalized spacial score (nSPS) is 27.3. The average Bonchev–Trinajstić information content (AvgIpc) is 3.63. The second-order valence-corrected chi connectivity index (χ2v) is 10.8. The first-order valence-corrected chi connectivity index (χ1v) is 12.7. The fourth-order valence-corrected chi connectivity index (χ4v) is 5.93. The molecule has 176 valence electrons. The molecule has 3 unspecified atom stereocenters. The van der Waals surface area contributed by atoms with Gasteiger partial charge in [0, 0.05) is 16.0 Å². The summed E-state index contributed by atoms with van der Waals surface area (Å²) in [5.41, 5.74) is 1.53. The third kappa shape index (κ3) is 4.87. The number of carbonyl (C=O) groups excluding carboxylic acids is 1. The predicted molar refractivity (Wildman–Crippen MR) is 136 cm³/mol. The van der Waals surface area contributed by atoms with Crippen LogP contribution in [0.4, 0.5) is 0 Å². The first kappa shape index (κ1) is 24.3. The molecule has 1 amide bonds. The maximum atomic E-state index is 14.2. The fourth-order valence-electron chi connectivity index (χ4n) is 5.61. The number of halogens is 2. The van der Waals surface area contributed by atoms with Crippen LogP contribution in [0.15, 0.2) is 61.2 Å². The molecule has 0 radical (unpaired) electrons. The summed E-state index contributed by atoms with van der Waals surface area (Å²) in [4.78, 5) is 16.2. The van der Waals surface area contributed by atoms with Gasteiger partial charge in [0.25, 0.3) is 0 Å². The van der Waals surface area contributed by atoms with E-state index in [4.69, 9.17) is 23.2 Å². The molecule has 5 heteroatoms. The molecule has 33 heavy (non-hydrogen) atoms. The quantitative estimate of drug-likeness (QED) is 0.402. The zero-order valence-electron chi connectivity index (χ0n) is 19.4. The van der Waals surface area contributed by atoms with Crippen LogP contribution in [0.2, 0.25) is 10.0 Å². The molecule has 0 bridgehead atoms. The molecule has 0 aromatic heterocycles. The van der Waals surface area contributed by atoms with Crippen molar-refractivity contribution in [1.82, 2.24) is 4.90 Å². The van der Waals surface area contributed by atoms with Crippen molar-refractivity contribution in [2.45, 2.75) is 70.1 Å². The van der Waals surface area contributed by atoms with Crippen LogP contribution in [0, 0.1) is 11.3 Å². The molecule has 1 heterocycles. The molecule has 0 spiro atoms. The van der Waals surface area contributed by atoms with E-state index in [1.54, 1.807) is 0 Å². The molecule has 1 aliphatic carbocycles. The summed E-state index contributed by atoms with van der Waals surface area (Å²) in [5, 5.41) is 12.6. The molecule has 1 aliphatic heterocycles. The number of aliphatic hydroxyl groups is 1. The van der Waals surface area contributed by atoms with Crippen molar-refractivity contribution in [1.29, 1.82) is 0 Å². The van der Waals surface area contributed by atoms with Gasteiger partial charge in [-0.1, -0.05) is 67.4 Å². The van der Waals surface area contributed by atoms with Crippen LogP contribution in [-0.4, -0.2) is 28.1 Å². The van der Waals surface area contributed by atoms with Gasteiger partial charge in [-0.15, -0.1) is 6.58 Å². The number of carbonyl (C=O) groups is 1. The van der Waals surface area contributed by atoms with E-state index < -0.39 is 11.5 Å². The number of hydrogen-bond donors (Lipinski definition) is 1. The number of hydrogen-bond acceptors (Lipinski definition) is 2. The van der Waals surface area contributed by atoms with Gasteiger partial charge in [-0.05, 0) is 73.4 Å². The number of aliphatic hydroxyl groups excluding tert-OH is 1. The lowest BCUT2D eigenvalue weighted by Gasteiger charge is -2.53. The number of likely N-dealkylation sites (tertiary alicyclic amines) is 1. The molecule has 1 saturated carbocycles. The van der Waals surface area contributed by atoms with Crippen LogP contribution in [0.5, 0.6) is 0 Å². The van der Waals surface area contributed by atoms with E-state index in [0.717, 1.165) is 24.0 Å². The molecular weight excluding hydrogens is 453 g/mol. The Balaban J connectivity index is 1.89. The third-order valence-electron chi connectivity index (χ3n) is 7.46. The Hall–Kier alpha value is -1.81. The van der Waals surface area contributed by atoms with E-state index in [9.17, 15) is 9.90 Å². The first-order chi connectivity index (χ1) is 15.8. The van der Waals surface area contributed by atoms with E-state index >= 15 is 0 Å². The van der Waals surface area contributed by atoms with Gasteiger partial charge in [-0.25, -0.2) is 0 Å². The average molecular weight is 486 g/mol. The lowest BCUT2D eigenvalue weighted by Crippen LogP contribution is -2.58. The standard InChI is InChI=1S/C28H33Cl2NO2/c1-4-15-28(3)17-23(20-7-6-8-22(30)16-20)25(18-11-13-21(29)14-12-18)31(27(28)33)24(5-2)26(32)19-9-10-19/h4,6-8,11-14,16,19,23-26,32H,1,5,9-10,15,17H2,2-3H3/t23?,24?,25-,26?,28+/m1/s1. The lowest BCUT2D eigenvalue weighted by molar-refractivity contribution is -0.159. The molecule has 1 saturated heterocycles. The molecule has 2 aliphatic rings. The third-order valence-corrected chi connectivity index (χ3v) is 7.95. The minimum atomic E-state index is -0.603. The van der Waals surface area contributed by atoms with Crippen LogP contribution >= 0.6 is 23.2 Å². The Kier molecular flexibility index (Phi) is 7.23. The largest absolute Gasteiger partial charge is 0.391 e. The monoisotopic (exact) mass is 485 g/mol. The van der Waals surface area contributed by atoms with E-state index in [0.29, 0.717) is 29.3 Å². The number of rotatable bonds is 8. The minimum absolute atomic E-state index is 0.0213. The number of amides is 1. The summed E-state index contributed by atoms with van der Waals surface area (Å²) in [5.74, 6) is 0.381. The summed E-state index contributed by atoms with van der Waals surface area (Å²) < 4.78 is 0. The topological polar surface area (TPSA) is 40.5 Å². The van der Waals surface area contributed by atoms with Gasteiger partial charge in [0.2, 0.25) is 5.91 Å². The van der Waals surface area contributed by atoms with Gasteiger partial charge in [-0.2, -0.15) is 0 Å². The Bertz CT molecular complexity index is 1000. The van der Waals surface area contributed by atoms with Crippen molar-refractivity contribution < 1.29 is 9.90 Å². The van der Waals surface area contributed by atoms with Gasteiger partial charge in [-0.3, -0.25) is 4.79 Å². The highest BCUT2D eigenvalue weighted by molar-refractivity contribution is 6.30. The number of allylic oxidation sites excluding steroid dienone is 1. The van der Waals surface area contributed by atoms with Gasteiger partial charge in [0.1, 0.15) is 0 Å². The zero-order valence-corrected chi connectivity index (χ0v) is 20.9. The molecule has 4 rings (SSSR count). The maximum absolute atomic E-state index is 14.2. The summed E-state index contributed by atoms with van der Waals surface area (Å²) >= 11 is 12.6. The van der Waals surface area contributed by atoms with Crippen molar-refractivity contribution in [3.63, 3.8) is 0 Å². The highest BCUT2D eigenvalue weighted by Gasteiger charge is 2.53. The summed E-state index contributed by atoms with van der Waals surface area (Å²) in [6, 6.07) is 15.3. The number of piperidine rings is 1. The van der Waals surface area contributed by atoms with Gasteiger partial charge in [0.15, 0.2) is 0 Å². The molecular formula is C28H33Cl2NO2. The summed E-state index contributed by atoms with van der Waals surface area (Å²) in [6.45, 7) is 8.04. The Morgan fingerprint density at radius 3 is 2.42 bits per heavy atom. The summed E-state index contributed by atoms with van der Waals surface area (Å²) in [7, 11) is 0. The van der Waals surface area contributed by atoms with Crippen molar-refractivity contribution in [2.75, 3.05) is 0 Å². The van der Waals surface area contributed by atoms with Crippen molar-refractivity contribution in [3.05, 3.63) is 82.4 Å². The molecule has 5 atom stereocenters. The van der Waals surface area contributed by atoms with Crippen LogP contribution in [0.3, 0.4) is 0 Å². The molecule has 2 aromatic carbocycles. The second kappa shape index (κ2) is 9.82. The molecule has 2 fully saturated rings. The minimum Gasteiger partial charge on any atom is -0.391 e. The van der Waals surface area contributed by atoms with Crippen LogP contribution < -0.4 is 0 Å². The first-order valence-electron chi connectivity index (χ1n) is 11.9. The maximum Gasteiger partial charge on any atom is 0.229 e. The van der Waals surface area contributed by atoms with Crippen LogP contribution in [-0.2, 0) is 4.79 Å². The Morgan fingerprint density at radius 1 is 1.15 bits per heavy atom. The van der Waals surface area contributed by atoms with E-state index in [-0.39, 0.29) is 29.8 Å². The lowest BCUT2D eigenvalue weighted by atomic mass is 9.66. The van der Waals surface area contributed by atoms with Gasteiger partial charge in [0.05, 0.1) is 23.6 Å². The zero-order chi connectivity index (χ0) is 23.8. The van der Waals surface area contributed by atoms with Crippen LogP contribution in [0.1, 0.15) is 69.0 Å². The molecule has 3 nitrogen and oxygen atoms in total. The molecule has 1 N–H and O–H groups in total. The SMILES string of the molecule is C=CC[C@@]1(C)CC(c2cccc(Cl)c2)[C@@H](c2ccc(Cl)cc2)N(C(CC)C(O)C2CC2)C1=O. The number of nitrogens with zero attached hydrogens (tertiary/aromatic N) is 1. The van der Waals surface area contributed by atoms with E-state index in [1.165, 1.54) is 0 Å². The van der Waals surface area contributed by atoms with E-state index in [1.807, 2.05) is 60.4 Å². The van der Waals surface area contributed by atoms with Crippen molar-refractivity contribution in [2.24, 2.45) is 11.3 Å². The van der Waals surface area contributed by atoms with E-state index in [2.05, 4.69) is 19.6 Å². The van der Waals surface area contributed by atoms with Gasteiger partial charge < -0.3 is 10.0 Å². The van der Waals surface area contributed by atoms with Gasteiger partial charge >= 0.3 is 0 Å². The predicted octanol–water partition coefficient (Wildman–Crippen LogP) is 7.18. The summed E-state index contributed by atoms with van der Waals surface area (Å²) in [6.07, 6.45) is 5.31. The Morgan fingerprint density at radius 2 is 1.85 bits per heavy atom. The van der Waals surface area contributed by atoms with Crippen molar-refractivity contribution >= 4 is 29.1 Å². The number of benzene rings is 2. The van der Waals surface area contributed by atoms with Crippen LogP contribution in [0.25, 0.3) is 0 Å². The Labute approximate surface area is 207 Å².